The van der Waals surface area contributed by atoms with Crippen LogP contribution in [0.2, 0.25) is 0 Å². The molecular weight excluding hydrogens is 298 g/mol. The van der Waals surface area contributed by atoms with Gasteiger partial charge in [-0.05, 0) is 25.3 Å². The van der Waals surface area contributed by atoms with Crippen molar-refractivity contribution in [3.05, 3.63) is 35.9 Å². The molecule has 0 saturated heterocycles. The van der Waals surface area contributed by atoms with Gasteiger partial charge >= 0.3 is 0 Å². The lowest BCUT2D eigenvalue weighted by atomic mass is 9.85. The van der Waals surface area contributed by atoms with Crippen molar-refractivity contribution in [1.82, 2.24) is 5.32 Å². The zero-order chi connectivity index (χ0) is 15.1. The number of nitrogens with one attached hydrogen (secondary N) is 1. The summed E-state index contributed by atoms with van der Waals surface area (Å²) in [6.07, 6.45) is 5.87. The van der Waals surface area contributed by atoms with E-state index in [2.05, 4.69) is 5.32 Å². The number of rotatable bonds is 7. The number of hydrogen-bond acceptors (Lipinski definition) is 3. The summed E-state index contributed by atoms with van der Waals surface area (Å²) in [6, 6.07) is 9.60. The molecule has 4 heteroatoms. The normalized spacial score (nSPS) is 18.3. The van der Waals surface area contributed by atoms with Gasteiger partial charge in [0.1, 0.15) is 5.78 Å². The summed E-state index contributed by atoms with van der Waals surface area (Å²) in [5, 5.41) is 13.5. The molecule has 0 spiro atoms. The topological polar surface area (TPSA) is 49.3 Å². The molecule has 2 unspecified atom stereocenters. The van der Waals surface area contributed by atoms with Crippen molar-refractivity contribution in [2.75, 3.05) is 6.54 Å². The summed E-state index contributed by atoms with van der Waals surface area (Å²) >= 11 is 0. The average molecular weight is 326 g/mol. The van der Waals surface area contributed by atoms with Crippen molar-refractivity contribution in [3.8, 4) is 0 Å². The first kappa shape index (κ1) is 19.1. The lowest BCUT2D eigenvalue weighted by Gasteiger charge is -2.22. The molecule has 2 atom stereocenters. The molecule has 0 bridgehead atoms. The van der Waals surface area contributed by atoms with Crippen molar-refractivity contribution in [2.24, 2.45) is 5.92 Å². The number of Topliss-reactive ketones (excluding diaryl/α,β-unsaturated/α-hetero) is 1. The Morgan fingerprint density at radius 2 is 1.86 bits per heavy atom. The van der Waals surface area contributed by atoms with Crippen molar-refractivity contribution in [2.45, 2.75) is 57.6 Å². The molecular formula is C18H28ClNO2. The summed E-state index contributed by atoms with van der Waals surface area (Å²) in [6.45, 7) is 2.61. The maximum atomic E-state index is 12.1. The highest BCUT2D eigenvalue weighted by molar-refractivity contribution is 5.85. The third kappa shape index (κ3) is 5.71. The third-order valence-corrected chi connectivity index (χ3v) is 4.51. The Morgan fingerprint density at radius 1 is 1.23 bits per heavy atom. The van der Waals surface area contributed by atoms with Crippen molar-refractivity contribution in [1.29, 1.82) is 0 Å². The van der Waals surface area contributed by atoms with Crippen LogP contribution in [0.1, 0.15) is 57.1 Å². The van der Waals surface area contributed by atoms with Gasteiger partial charge in [0.25, 0.3) is 0 Å². The summed E-state index contributed by atoms with van der Waals surface area (Å²) in [7, 11) is 0. The highest BCUT2D eigenvalue weighted by atomic mass is 35.5. The van der Waals surface area contributed by atoms with E-state index in [-0.39, 0.29) is 24.4 Å². The Balaban J connectivity index is 0.00000242. The van der Waals surface area contributed by atoms with Crippen LogP contribution in [-0.2, 0) is 4.79 Å². The maximum Gasteiger partial charge on any atom is 0.137 e. The second kappa shape index (κ2) is 9.98. The number of aliphatic hydroxyl groups excluding tert-OH is 1. The first-order valence-electron chi connectivity index (χ1n) is 8.17. The molecule has 0 heterocycles. The number of carbonyl (C=O) groups excluding carboxylic acids is 1. The Morgan fingerprint density at radius 3 is 2.50 bits per heavy atom. The SMILES string of the molecule is CC(NCCC(=O)C1CCCCC1)C(O)c1ccccc1.Cl. The highest BCUT2D eigenvalue weighted by Crippen LogP contribution is 2.25. The summed E-state index contributed by atoms with van der Waals surface area (Å²) in [4.78, 5) is 12.1. The van der Waals surface area contributed by atoms with Crippen LogP contribution in [0.15, 0.2) is 30.3 Å². The van der Waals surface area contributed by atoms with Crippen LogP contribution in [0, 0.1) is 5.92 Å². The summed E-state index contributed by atoms with van der Waals surface area (Å²) < 4.78 is 0. The Hall–Kier alpha value is -0.900. The van der Waals surface area contributed by atoms with Gasteiger partial charge in [-0.25, -0.2) is 0 Å². The monoisotopic (exact) mass is 325 g/mol. The van der Waals surface area contributed by atoms with Gasteiger partial charge in [-0.15, -0.1) is 12.4 Å². The Labute approximate surface area is 139 Å². The van der Waals surface area contributed by atoms with Gasteiger partial charge in [0.15, 0.2) is 0 Å². The van der Waals surface area contributed by atoms with Gasteiger partial charge in [-0.3, -0.25) is 4.79 Å². The summed E-state index contributed by atoms with van der Waals surface area (Å²) in [5.74, 6) is 0.679. The molecule has 1 fully saturated rings. The fraction of sp³-hybridized carbons (Fsp3) is 0.611. The van der Waals surface area contributed by atoms with E-state index in [0.29, 0.717) is 18.7 Å². The molecule has 1 saturated carbocycles. The molecule has 0 aliphatic heterocycles. The second-order valence-electron chi connectivity index (χ2n) is 6.15. The number of ketones is 1. The average Bonchev–Trinajstić information content (AvgIpc) is 2.55. The van der Waals surface area contributed by atoms with Gasteiger partial charge in [-0.2, -0.15) is 0 Å². The smallest absolute Gasteiger partial charge is 0.137 e. The number of benzene rings is 1. The fourth-order valence-electron chi connectivity index (χ4n) is 3.10. The molecule has 1 aromatic rings. The van der Waals surface area contributed by atoms with Crippen LogP contribution >= 0.6 is 12.4 Å². The van der Waals surface area contributed by atoms with Gasteiger partial charge < -0.3 is 10.4 Å². The Bertz CT molecular complexity index is 432. The fourth-order valence-corrected chi connectivity index (χ4v) is 3.10. The van der Waals surface area contributed by atoms with E-state index in [4.69, 9.17) is 0 Å². The van der Waals surface area contributed by atoms with Crippen molar-refractivity contribution in [3.63, 3.8) is 0 Å². The minimum Gasteiger partial charge on any atom is -0.387 e. The molecule has 1 aliphatic carbocycles. The van der Waals surface area contributed by atoms with Crippen molar-refractivity contribution >= 4 is 18.2 Å². The maximum absolute atomic E-state index is 12.1. The first-order valence-corrected chi connectivity index (χ1v) is 8.17. The van der Waals surface area contributed by atoms with E-state index in [0.717, 1.165) is 18.4 Å². The predicted octanol–water partition coefficient (Wildman–Crippen LogP) is 3.66. The van der Waals surface area contributed by atoms with Crippen LogP contribution in [0.25, 0.3) is 0 Å². The molecule has 2 rings (SSSR count). The molecule has 0 radical (unpaired) electrons. The van der Waals surface area contributed by atoms with E-state index >= 15 is 0 Å². The van der Waals surface area contributed by atoms with Crippen LogP contribution in [0.5, 0.6) is 0 Å². The number of hydrogen-bond donors (Lipinski definition) is 2. The molecule has 124 valence electrons. The number of halogens is 1. The first-order chi connectivity index (χ1) is 10.2. The molecule has 1 aliphatic rings. The van der Waals surface area contributed by atoms with Crippen LogP contribution in [0.3, 0.4) is 0 Å². The minimum atomic E-state index is -0.531. The van der Waals surface area contributed by atoms with E-state index in [1.165, 1.54) is 19.3 Å². The van der Waals surface area contributed by atoms with Gasteiger partial charge in [0.2, 0.25) is 0 Å². The zero-order valence-electron chi connectivity index (χ0n) is 13.3. The standard InChI is InChI=1S/C18H27NO2.ClH/c1-14(18(21)16-10-6-3-7-11-16)19-13-12-17(20)15-8-4-2-5-9-15;/h3,6-7,10-11,14-15,18-19,21H,2,4-5,8-9,12-13H2,1H3;1H. The molecule has 0 aromatic heterocycles. The highest BCUT2D eigenvalue weighted by Gasteiger charge is 2.21. The summed E-state index contributed by atoms with van der Waals surface area (Å²) in [5.41, 5.74) is 0.913. The minimum absolute atomic E-state index is 0. The molecule has 2 N–H and O–H groups in total. The number of carbonyl (C=O) groups is 1. The van der Waals surface area contributed by atoms with Gasteiger partial charge in [0, 0.05) is 24.9 Å². The Kier molecular flexibility index (Phi) is 8.69. The quantitative estimate of drug-likeness (QED) is 0.804. The van der Waals surface area contributed by atoms with Crippen LogP contribution < -0.4 is 5.32 Å². The zero-order valence-corrected chi connectivity index (χ0v) is 14.1. The van der Waals surface area contributed by atoms with Crippen LogP contribution in [0.4, 0.5) is 0 Å². The van der Waals surface area contributed by atoms with E-state index < -0.39 is 6.10 Å². The lowest BCUT2D eigenvalue weighted by Crippen LogP contribution is -2.34. The molecule has 1 aromatic carbocycles. The van der Waals surface area contributed by atoms with Gasteiger partial charge in [-0.1, -0.05) is 49.6 Å². The molecule has 22 heavy (non-hydrogen) atoms. The van der Waals surface area contributed by atoms with Gasteiger partial charge in [0.05, 0.1) is 6.10 Å². The van der Waals surface area contributed by atoms with Crippen LogP contribution in [-0.4, -0.2) is 23.5 Å². The van der Waals surface area contributed by atoms with E-state index in [1.807, 2.05) is 37.3 Å². The largest absolute Gasteiger partial charge is 0.387 e. The second-order valence-corrected chi connectivity index (χ2v) is 6.15. The van der Waals surface area contributed by atoms with E-state index in [9.17, 15) is 9.90 Å². The van der Waals surface area contributed by atoms with Crippen molar-refractivity contribution < 1.29 is 9.90 Å². The molecule has 3 nitrogen and oxygen atoms in total. The lowest BCUT2D eigenvalue weighted by molar-refractivity contribution is -0.123. The third-order valence-electron chi connectivity index (χ3n) is 4.51. The van der Waals surface area contributed by atoms with E-state index in [1.54, 1.807) is 0 Å². The predicted molar refractivity (Wildman–Crippen MR) is 92.3 cm³/mol. The molecule has 0 amide bonds. The number of aliphatic hydroxyl groups is 1.